The first-order valence-corrected chi connectivity index (χ1v) is 28.4. The van der Waals surface area contributed by atoms with Gasteiger partial charge in [-0.25, -0.2) is 0 Å². The molecule has 332 valence electrons. The molecule has 0 saturated carbocycles. The number of hydrogen-bond donors (Lipinski definition) is 0. The molecular formula is C38H84O14Si3. The monoisotopic (exact) mass is 849 g/mol. The fourth-order valence-electron chi connectivity index (χ4n) is 5.23. The minimum atomic E-state index is -2.29. The molecule has 0 aliphatic carbocycles. The zero-order valence-corrected chi connectivity index (χ0v) is 39.9. The van der Waals surface area contributed by atoms with Crippen LogP contribution in [0.2, 0.25) is 43.3 Å². The minimum absolute atomic E-state index is 0.212. The van der Waals surface area contributed by atoms with Crippen LogP contribution in [-0.2, 0) is 65.1 Å². The Kier molecular flexibility index (Phi) is 37.2. The van der Waals surface area contributed by atoms with Crippen LogP contribution in [0.25, 0.3) is 0 Å². The maximum absolute atomic E-state index is 6.94. The summed E-state index contributed by atoms with van der Waals surface area (Å²) in [5.41, 5.74) is 0. The molecule has 0 aromatic rings. The van der Waals surface area contributed by atoms with E-state index in [9.17, 15) is 0 Å². The predicted octanol–water partition coefficient (Wildman–Crippen LogP) is 5.33. The number of rotatable bonds is 43. The second kappa shape index (κ2) is 37.1. The van der Waals surface area contributed by atoms with Crippen molar-refractivity contribution in [1.29, 1.82) is 0 Å². The highest BCUT2D eigenvalue weighted by Crippen LogP contribution is 2.33. The zero-order valence-electron chi connectivity index (χ0n) is 36.8. The van der Waals surface area contributed by atoms with Gasteiger partial charge in [-0.05, 0) is 55.7 Å². The van der Waals surface area contributed by atoms with Crippen molar-refractivity contribution >= 4 is 25.9 Å². The predicted molar refractivity (Wildman–Crippen MR) is 224 cm³/mol. The fourth-order valence-corrected chi connectivity index (χ4v) is 18.9. The lowest BCUT2D eigenvalue weighted by Gasteiger charge is -2.41. The summed E-state index contributed by atoms with van der Waals surface area (Å²) >= 11 is 0. The van der Waals surface area contributed by atoms with Crippen LogP contribution in [0.3, 0.4) is 0 Å². The smallest absolute Gasteiger partial charge is 0.314 e. The average molecular weight is 849 g/mol. The number of ether oxygens (including phenoxy) is 12. The van der Waals surface area contributed by atoms with E-state index in [1.54, 1.807) is 7.11 Å². The van der Waals surface area contributed by atoms with Crippen LogP contribution in [0.15, 0.2) is 0 Å². The van der Waals surface area contributed by atoms with E-state index in [0.29, 0.717) is 158 Å². The van der Waals surface area contributed by atoms with Crippen LogP contribution in [0, 0.1) is 5.92 Å². The molecule has 17 heteroatoms. The van der Waals surface area contributed by atoms with Crippen molar-refractivity contribution in [3.63, 3.8) is 0 Å². The molecule has 0 radical (unpaired) electrons. The van der Waals surface area contributed by atoms with Crippen LogP contribution in [0.4, 0.5) is 0 Å². The molecule has 2 atom stereocenters. The summed E-state index contributed by atoms with van der Waals surface area (Å²) < 4.78 is 79.6. The lowest BCUT2D eigenvalue weighted by Crippen LogP contribution is -2.52. The molecule has 0 bridgehead atoms. The van der Waals surface area contributed by atoms with Gasteiger partial charge in [0, 0.05) is 13.7 Å². The molecular weight excluding hydrogens is 765 g/mol. The van der Waals surface area contributed by atoms with Crippen molar-refractivity contribution < 1.29 is 65.1 Å². The first kappa shape index (κ1) is 55.1. The van der Waals surface area contributed by atoms with Crippen LogP contribution < -0.4 is 0 Å². The van der Waals surface area contributed by atoms with Crippen molar-refractivity contribution in [2.45, 2.75) is 84.4 Å². The van der Waals surface area contributed by atoms with E-state index in [1.807, 2.05) is 0 Å². The van der Waals surface area contributed by atoms with Gasteiger partial charge in [0.15, 0.2) is 17.4 Å². The molecule has 0 aromatic heterocycles. The standard InChI is InChI=1S/C38H84O14Si3/c1-37(2)36-54(8,9)52-55(10,51-53(7)38(3,4)5)35-11-12-40-15-16-42-19-20-44-23-24-46-27-28-48-31-32-50-34-33-49-30-29-47-26-25-45-22-21-43-18-17-41-14-13-39-6/h37,53H,11-36H2,1-10H3. The first-order chi connectivity index (χ1) is 26.3. The van der Waals surface area contributed by atoms with E-state index in [2.05, 4.69) is 60.8 Å². The molecule has 0 heterocycles. The van der Waals surface area contributed by atoms with Crippen LogP contribution in [0.1, 0.15) is 41.0 Å². The summed E-state index contributed by atoms with van der Waals surface area (Å²) in [6.07, 6.45) is 0.944. The molecule has 55 heavy (non-hydrogen) atoms. The van der Waals surface area contributed by atoms with E-state index in [-0.39, 0.29) is 5.04 Å². The van der Waals surface area contributed by atoms with Gasteiger partial charge in [-0.15, -0.1) is 0 Å². The summed E-state index contributed by atoms with van der Waals surface area (Å²) in [7, 11) is -3.84. The molecule has 0 N–H and O–H groups in total. The van der Waals surface area contributed by atoms with Crippen molar-refractivity contribution in [2.75, 3.05) is 159 Å². The molecule has 0 aliphatic rings. The Bertz CT molecular complexity index is 813. The number of hydrogen-bond acceptors (Lipinski definition) is 14. The SMILES string of the molecule is COCCOCCOCCOCCOCCOCCOCCOCCOCCOCCOCCOCCC[Si](C)(O[SiH](C)C(C)(C)C)O[Si](C)(C)CC(C)C. The maximum Gasteiger partial charge on any atom is 0.314 e. The summed E-state index contributed by atoms with van der Waals surface area (Å²) in [4.78, 5) is 0. The van der Waals surface area contributed by atoms with Crippen molar-refractivity contribution in [2.24, 2.45) is 5.92 Å². The largest absolute Gasteiger partial charge is 0.439 e. The normalized spacial score (nSPS) is 14.2. The lowest BCUT2D eigenvalue weighted by molar-refractivity contribution is -0.0280. The molecule has 14 nitrogen and oxygen atoms in total. The van der Waals surface area contributed by atoms with Crippen LogP contribution >= 0.6 is 0 Å². The molecule has 0 amide bonds. The van der Waals surface area contributed by atoms with Gasteiger partial charge in [0.25, 0.3) is 0 Å². The van der Waals surface area contributed by atoms with E-state index >= 15 is 0 Å². The topological polar surface area (TPSA) is 129 Å². The van der Waals surface area contributed by atoms with E-state index in [4.69, 9.17) is 65.1 Å². The molecule has 2 unspecified atom stereocenters. The Morgan fingerprint density at radius 3 is 0.982 bits per heavy atom. The summed E-state index contributed by atoms with van der Waals surface area (Å²) in [5, 5.41) is 0.212. The Labute approximate surface area is 339 Å². The maximum atomic E-state index is 6.94. The molecule has 0 rings (SSSR count). The Balaban J connectivity index is 3.49. The van der Waals surface area contributed by atoms with Gasteiger partial charge in [-0.2, -0.15) is 0 Å². The van der Waals surface area contributed by atoms with Gasteiger partial charge < -0.3 is 65.1 Å². The molecule has 0 aromatic carbocycles. The molecule has 0 saturated heterocycles. The highest BCUT2D eigenvalue weighted by atomic mass is 28.5. The third-order valence-corrected chi connectivity index (χ3v) is 21.0. The highest BCUT2D eigenvalue weighted by molar-refractivity contribution is 6.85. The lowest BCUT2D eigenvalue weighted by atomic mass is 10.3. The van der Waals surface area contributed by atoms with Gasteiger partial charge in [-0.3, -0.25) is 0 Å². The molecule has 0 fully saturated rings. The van der Waals surface area contributed by atoms with Crippen LogP contribution in [0.5, 0.6) is 0 Å². The Morgan fingerprint density at radius 2 is 0.727 bits per heavy atom. The third kappa shape index (κ3) is 39.3. The van der Waals surface area contributed by atoms with E-state index in [1.165, 1.54) is 0 Å². The second-order valence-corrected chi connectivity index (χ2v) is 27.0. The molecule has 0 spiro atoms. The fraction of sp³-hybridized carbons (Fsp3) is 1.00. The second-order valence-electron chi connectivity index (χ2n) is 15.6. The minimum Gasteiger partial charge on any atom is -0.439 e. The van der Waals surface area contributed by atoms with Gasteiger partial charge in [0.05, 0.1) is 145 Å². The number of methoxy groups -OCH3 is 1. The van der Waals surface area contributed by atoms with Crippen LogP contribution in [-0.4, -0.2) is 185 Å². The summed E-state index contributed by atoms with van der Waals surface area (Å²) in [6, 6.07) is 2.12. The van der Waals surface area contributed by atoms with Crippen molar-refractivity contribution in [3.8, 4) is 0 Å². The third-order valence-electron chi connectivity index (χ3n) is 8.11. The first-order valence-electron chi connectivity index (χ1n) is 20.5. The van der Waals surface area contributed by atoms with Crippen molar-refractivity contribution in [3.05, 3.63) is 0 Å². The summed E-state index contributed by atoms with van der Waals surface area (Å²) in [6.45, 7) is 33.1. The zero-order chi connectivity index (χ0) is 40.9. The summed E-state index contributed by atoms with van der Waals surface area (Å²) in [5.74, 6) is 0.636. The van der Waals surface area contributed by atoms with Gasteiger partial charge in [0.2, 0.25) is 0 Å². The van der Waals surface area contributed by atoms with Gasteiger partial charge in [-0.1, -0.05) is 34.6 Å². The quantitative estimate of drug-likeness (QED) is 0.0580. The van der Waals surface area contributed by atoms with E-state index in [0.717, 1.165) is 18.5 Å². The van der Waals surface area contributed by atoms with Gasteiger partial charge in [0.1, 0.15) is 0 Å². The molecule has 0 aliphatic heterocycles. The Morgan fingerprint density at radius 1 is 0.455 bits per heavy atom. The Hall–Kier alpha value is 0.0906. The average Bonchev–Trinajstić information content (AvgIpc) is 3.10. The van der Waals surface area contributed by atoms with Crippen molar-refractivity contribution in [1.82, 2.24) is 0 Å². The highest BCUT2D eigenvalue weighted by Gasteiger charge is 2.41. The van der Waals surface area contributed by atoms with E-state index < -0.39 is 25.9 Å². The van der Waals surface area contributed by atoms with Gasteiger partial charge >= 0.3 is 8.56 Å².